The summed E-state index contributed by atoms with van der Waals surface area (Å²) in [5, 5.41) is 2.71. The van der Waals surface area contributed by atoms with Crippen molar-refractivity contribution < 1.29 is 18.0 Å². The first-order valence-electron chi connectivity index (χ1n) is 6.31. The molecule has 3 aromatic rings. The van der Waals surface area contributed by atoms with Crippen LogP contribution in [0.2, 0.25) is 0 Å². The van der Waals surface area contributed by atoms with E-state index in [1.54, 1.807) is 0 Å². The molecule has 22 heavy (non-hydrogen) atoms. The normalized spacial score (nSPS) is 10.9. The molecule has 0 aliphatic rings. The average Bonchev–Trinajstić information content (AvgIpc) is 2.84. The van der Waals surface area contributed by atoms with Crippen molar-refractivity contribution in [2.24, 2.45) is 0 Å². The highest BCUT2D eigenvalue weighted by Gasteiger charge is 2.12. The Labute approximate surface area is 127 Å². The van der Waals surface area contributed by atoms with Gasteiger partial charge in [0.15, 0.2) is 10.9 Å². The Bertz CT molecular complexity index is 846. The fourth-order valence-electron chi connectivity index (χ4n) is 1.96. The summed E-state index contributed by atoms with van der Waals surface area (Å²) in [6.45, 7) is 0. The number of halogens is 3. The molecule has 0 radical (unpaired) electrons. The minimum Gasteiger partial charge on any atom is -0.302 e. The maximum atomic E-state index is 13.5. The summed E-state index contributed by atoms with van der Waals surface area (Å²) in [4.78, 5) is 15.8. The van der Waals surface area contributed by atoms with Crippen LogP contribution in [-0.2, 0) is 11.2 Å². The Morgan fingerprint density at radius 1 is 1.09 bits per heavy atom. The lowest BCUT2D eigenvalue weighted by Crippen LogP contribution is -2.14. The Kier molecular flexibility index (Phi) is 3.81. The number of hydrogen-bond acceptors (Lipinski definition) is 3. The molecule has 1 N–H and O–H groups in total. The second-order valence-electron chi connectivity index (χ2n) is 4.60. The number of nitrogens with one attached hydrogen (secondary N) is 1. The van der Waals surface area contributed by atoms with Crippen molar-refractivity contribution in [1.82, 2.24) is 4.98 Å². The molecule has 3 rings (SSSR count). The number of carbonyl (C=O) groups excluding carboxylic acids is 1. The van der Waals surface area contributed by atoms with Gasteiger partial charge in [-0.05, 0) is 23.8 Å². The SMILES string of the molecule is O=C(Cc1ccc(F)cc1)Nc1nc2c(F)cc(F)cc2s1. The third kappa shape index (κ3) is 3.09. The molecular formula is C15H9F3N2OS. The molecule has 0 spiro atoms. The highest BCUT2D eigenvalue weighted by Crippen LogP contribution is 2.28. The van der Waals surface area contributed by atoms with Crippen molar-refractivity contribution in [3.8, 4) is 0 Å². The van der Waals surface area contributed by atoms with Gasteiger partial charge in [0.05, 0.1) is 11.1 Å². The highest BCUT2D eigenvalue weighted by atomic mass is 32.1. The number of benzene rings is 2. The zero-order chi connectivity index (χ0) is 15.7. The van der Waals surface area contributed by atoms with Gasteiger partial charge in [-0.25, -0.2) is 18.2 Å². The summed E-state index contributed by atoms with van der Waals surface area (Å²) in [5.74, 6) is -2.22. The smallest absolute Gasteiger partial charge is 0.230 e. The Morgan fingerprint density at radius 3 is 2.55 bits per heavy atom. The van der Waals surface area contributed by atoms with Gasteiger partial charge < -0.3 is 5.32 Å². The summed E-state index contributed by atoms with van der Waals surface area (Å²) in [6.07, 6.45) is 0.0348. The summed E-state index contributed by atoms with van der Waals surface area (Å²) in [7, 11) is 0. The maximum absolute atomic E-state index is 13.5. The molecule has 1 amide bonds. The zero-order valence-corrected chi connectivity index (χ0v) is 11.9. The molecule has 0 aliphatic carbocycles. The quantitative estimate of drug-likeness (QED) is 0.795. The lowest BCUT2D eigenvalue weighted by molar-refractivity contribution is -0.115. The molecule has 0 saturated heterocycles. The van der Waals surface area contributed by atoms with Gasteiger partial charge in [-0.2, -0.15) is 0 Å². The molecule has 7 heteroatoms. The highest BCUT2D eigenvalue weighted by molar-refractivity contribution is 7.22. The first kappa shape index (κ1) is 14.5. The van der Waals surface area contributed by atoms with Gasteiger partial charge in [-0.1, -0.05) is 23.5 Å². The van der Waals surface area contributed by atoms with Crippen molar-refractivity contribution >= 4 is 32.6 Å². The van der Waals surface area contributed by atoms with Gasteiger partial charge in [0.1, 0.15) is 17.2 Å². The molecule has 1 aromatic heterocycles. The molecule has 0 aliphatic heterocycles. The van der Waals surface area contributed by atoms with Crippen molar-refractivity contribution in [2.45, 2.75) is 6.42 Å². The van der Waals surface area contributed by atoms with E-state index in [2.05, 4.69) is 10.3 Å². The van der Waals surface area contributed by atoms with Gasteiger partial charge >= 0.3 is 0 Å². The number of rotatable bonds is 3. The minimum atomic E-state index is -0.773. The number of nitrogens with zero attached hydrogens (tertiary/aromatic N) is 1. The number of carbonyl (C=O) groups is 1. The fraction of sp³-hybridized carbons (Fsp3) is 0.0667. The summed E-state index contributed by atoms with van der Waals surface area (Å²) in [5.41, 5.74) is 0.653. The van der Waals surface area contributed by atoms with E-state index in [0.29, 0.717) is 10.3 Å². The van der Waals surface area contributed by atoms with Crippen molar-refractivity contribution in [1.29, 1.82) is 0 Å². The lowest BCUT2D eigenvalue weighted by Gasteiger charge is -2.01. The molecule has 0 bridgehead atoms. The maximum Gasteiger partial charge on any atom is 0.230 e. The molecule has 0 unspecified atom stereocenters. The molecule has 1 heterocycles. The topological polar surface area (TPSA) is 42.0 Å². The average molecular weight is 322 g/mol. The van der Waals surface area contributed by atoms with Crippen LogP contribution >= 0.6 is 11.3 Å². The van der Waals surface area contributed by atoms with Crippen LogP contribution in [0.15, 0.2) is 36.4 Å². The van der Waals surface area contributed by atoms with Crippen LogP contribution in [0.1, 0.15) is 5.56 Å². The number of hydrogen-bond donors (Lipinski definition) is 1. The van der Waals surface area contributed by atoms with Crippen LogP contribution in [0.25, 0.3) is 10.2 Å². The third-order valence-electron chi connectivity index (χ3n) is 2.94. The first-order chi connectivity index (χ1) is 10.5. The largest absolute Gasteiger partial charge is 0.302 e. The van der Waals surface area contributed by atoms with Crippen LogP contribution in [0.4, 0.5) is 18.3 Å². The molecule has 0 fully saturated rings. The standard InChI is InChI=1S/C15H9F3N2OS/c16-9-3-1-8(2-4-9)5-13(21)19-15-20-14-11(18)6-10(17)7-12(14)22-15/h1-4,6-7H,5H2,(H,19,20,21). The number of anilines is 1. The van der Waals surface area contributed by atoms with E-state index < -0.39 is 11.6 Å². The first-order valence-corrected chi connectivity index (χ1v) is 7.13. The van der Waals surface area contributed by atoms with E-state index in [1.807, 2.05) is 0 Å². The Morgan fingerprint density at radius 2 is 1.82 bits per heavy atom. The second kappa shape index (κ2) is 5.76. The van der Waals surface area contributed by atoms with Gasteiger partial charge in [0.2, 0.25) is 5.91 Å². The van der Waals surface area contributed by atoms with Gasteiger partial charge in [-0.15, -0.1) is 0 Å². The predicted molar refractivity (Wildman–Crippen MR) is 78.3 cm³/mol. The van der Waals surface area contributed by atoms with E-state index in [1.165, 1.54) is 24.3 Å². The second-order valence-corrected chi connectivity index (χ2v) is 5.64. The van der Waals surface area contributed by atoms with E-state index in [9.17, 15) is 18.0 Å². The summed E-state index contributed by atoms with van der Waals surface area (Å²) < 4.78 is 39.7. The van der Waals surface area contributed by atoms with Crippen molar-refractivity contribution in [3.63, 3.8) is 0 Å². The van der Waals surface area contributed by atoms with Crippen LogP contribution in [-0.4, -0.2) is 10.9 Å². The number of amides is 1. The molecular weight excluding hydrogens is 313 g/mol. The Hall–Kier alpha value is -2.41. The third-order valence-corrected chi connectivity index (χ3v) is 3.86. The minimum absolute atomic E-state index is 0.0171. The van der Waals surface area contributed by atoms with Crippen molar-refractivity contribution in [3.05, 3.63) is 59.4 Å². The molecule has 112 valence electrons. The van der Waals surface area contributed by atoms with E-state index in [4.69, 9.17) is 0 Å². The van der Waals surface area contributed by atoms with E-state index >= 15 is 0 Å². The summed E-state index contributed by atoms with van der Waals surface area (Å²) in [6, 6.07) is 7.43. The zero-order valence-electron chi connectivity index (χ0n) is 11.1. The monoisotopic (exact) mass is 322 g/mol. The van der Waals surface area contributed by atoms with E-state index in [-0.39, 0.29) is 28.8 Å². The van der Waals surface area contributed by atoms with Gasteiger partial charge in [0, 0.05) is 6.07 Å². The van der Waals surface area contributed by atoms with Crippen LogP contribution in [0, 0.1) is 17.5 Å². The van der Waals surface area contributed by atoms with Gasteiger partial charge in [-0.3, -0.25) is 4.79 Å². The number of fused-ring (bicyclic) bond motifs is 1. The summed E-state index contributed by atoms with van der Waals surface area (Å²) >= 11 is 0.984. The van der Waals surface area contributed by atoms with E-state index in [0.717, 1.165) is 23.5 Å². The molecule has 0 atom stereocenters. The fourth-order valence-corrected chi connectivity index (χ4v) is 2.88. The predicted octanol–water partition coefficient (Wildman–Crippen LogP) is 3.89. The molecule has 3 nitrogen and oxygen atoms in total. The Balaban J connectivity index is 1.76. The lowest BCUT2D eigenvalue weighted by atomic mass is 10.1. The number of thiazole rings is 1. The molecule has 0 saturated carbocycles. The van der Waals surface area contributed by atoms with Crippen molar-refractivity contribution in [2.75, 3.05) is 5.32 Å². The number of aromatic nitrogens is 1. The van der Waals surface area contributed by atoms with Crippen LogP contribution in [0.5, 0.6) is 0 Å². The van der Waals surface area contributed by atoms with Crippen LogP contribution < -0.4 is 5.32 Å². The van der Waals surface area contributed by atoms with Gasteiger partial charge in [0.25, 0.3) is 0 Å². The molecule has 2 aromatic carbocycles. The van der Waals surface area contributed by atoms with Crippen LogP contribution in [0.3, 0.4) is 0 Å².